The summed E-state index contributed by atoms with van der Waals surface area (Å²) in [6.07, 6.45) is 3.83. The molecule has 3 heterocycles. The van der Waals surface area contributed by atoms with Crippen molar-refractivity contribution in [2.45, 2.75) is 25.8 Å². The Labute approximate surface area is 216 Å². The number of aromatic amines is 1. The Morgan fingerprint density at radius 2 is 1.81 bits per heavy atom. The summed E-state index contributed by atoms with van der Waals surface area (Å²) < 4.78 is 2.57. The summed E-state index contributed by atoms with van der Waals surface area (Å²) in [6, 6.07) is 24.3. The van der Waals surface area contributed by atoms with Gasteiger partial charge in [0.15, 0.2) is 4.80 Å². The molecule has 0 saturated heterocycles. The van der Waals surface area contributed by atoms with Gasteiger partial charge in [-0.15, -0.1) is 0 Å². The molecule has 0 fully saturated rings. The summed E-state index contributed by atoms with van der Waals surface area (Å²) >= 11 is 7.69. The van der Waals surface area contributed by atoms with Crippen LogP contribution in [0.4, 0.5) is 0 Å². The molecule has 2 aliphatic rings. The maximum atomic E-state index is 14.0. The molecular formula is C30H22ClN3OS. The quantitative estimate of drug-likeness (QED) is 0.324. The molecule has 176 valence electrons. The van der Waals surface area contributed by atoms with Crippen molar-refractivity contribution in [2.24, 2.45) is 4.99 Å². The lowest BCUT2D eigenvalue weighted by atomic mass is 9.83. The number of thiazole rings is 1. The molecule has 0 bridgehead atoms. The lowest BCUT2D eigenvalue weighted by molar-refractivity contribution is 0.585. The lowest BCUT2D eigenvalue weighted by Gasteiger charge is -2.30. The normalized spacial score (nSPS) is 17.1. The average molecular weight is 508 g/mol. The SMILES string of the molecule is Cc1[nH]c2ccccc2c1/C=c1/sc2n(c1=O)[C@@H](c1ccc(Cl)cc1)C1=C(N=2)c2ccccc2CC1. The van der Waals surface area contributed by atoms with E-state index in [-0.39, 0.29) is 11.6 Å². The van der Waals surface area contributed by atoms with Crippen LogP contribution in [-0.2, 0) is 6.42 Å². The fourth-order valence-electron chi connectivity index (χ4n) is 5.58. The molecule has 0 saturated carbocycles. The molecule has 7 rings (SSSR count). The van der Waals surface area contributed by atoms with Crippen LogP contribution in [-0.4, -0.2) is 9.55 Å². The van der Waals surface area contributed by atoms with Crippen molar-refractivity contribution < 1.29 is 0 Å². The van der Waals surface area contributed by atoms with Gasteiger partial charge in [-0.2, -0.15) is 0 Å². The van der Waals surface area contributed by atoms with Crippen molar-refractivity contribution in [3.8, 4) is 0 Å². The fraction of sp³-hybridized carbons (Fsp3) is 0.133. The first-order chi connectivity index (χ1) is 17.6. The Morgan fingerprint density at radius 3 is 2.67 bits per heavy atom. The first-order valence-electron chi connectivity index (χ1n) is 12.0. The summed E-state index contributed by atoms with van der Waals surface area (Å²) in [5.74, 6) is 0. The third kappa shape index (κ3) is 3.27. The van der Waals surface area contributed by atoms with Crippen LogP contribution in [0.5, 0.6) is 0 Å². The van der Waals surface area contributed by atoms with Crippen LogP contribution >= 0.6 is 22.9 Å². The van der Waals surface area contributed by atoms with E-state index in [9.17, 15) is 4.79 Å². The molecule has 1 aliphatic heterocycles. The zero-order valence-electron chi connectivity index (χ0n) is 19.6. The fourth-order valence-corrected chi connectivity index (χ4v) is 6.69. The van der Waals surface area contributed by atoms with Crippen molar-refractivity contribution >= 4 is 45.6 Å². The number of allylic oxidation sites excluding steroid dienone is 1. The summed E-state index contributed by atoms with van der Waals surface area (Å²) in [5.41, 5.74) is 8.89. The number of nitrogens with one attached hydrogen (secondary N) is 1. The van der Waals surface area contributed by atoms with E-state index in [1.165, 1.54) is 28.0 Å². The molecular weight excluding hydrogens is 486 g/mol. The minimum atomic E-state index is -0.201. The minimum absolute atomic E-state index is 0.00575. The van der Waals surface area contributed by atoms with Crippen LogP contribution in [0, 0.1) is 6.92 Å². The Kier molecular flexibility index (Phi) is 4.91. The third-order valence-electron chi connectivity index (χ3n) is 7.28. The van der Waals surface area contributed by atoms with E-state index in [1.54, 1.807) is 0 Å². The number of nitrogens with zero attached hydrogens (tertiary/aromatic N) is 2. The van der Waals surface area contributed by atoms with Gasteiger partial charge in [-0.25, -0.2) is 4.99 Å². The molecule has 1 N–H and O–H groups in total. The van der Waals surface area contributed by atoms with Crippen molar-refractivity contribution in [2.75, 3.05) is 0 Å². The predicted octanol–water partition coefficient (Wildman–Crippen LogP) is 5.76. The highest BCUT2D eigenvalue weighted by Gasteiger charge is 2.32. The van der Waals surface area contributed by atoms with Gasteiger partial charge in [0.2, 0.25) is 0 Å². The Morgan fingerprint density at radius 1 is 1.03 bits per heavy atom. The zero-order valence-corrected chi connectivity index (χ0v) is 21.2. The Hall–Kier alpha value is -3.67. The maximum Gasteiger partial charge on any atom is 0.271 e. The van der Waals surface area contributed by atoms with Gasteiger partial charge < -0.3 is 4.98 Å². The van der Waals surface area contributed by atoms with Crippen LogP contribution in [0.2, 0.25) is 5.02 Å². The smallest absolute Gasteiger partial charge is 0.271 e. The van der Waals surface area contributed by atoms with Gasteiger partial charge in [0.25, 0.3) is 5.56 Å². The van der Waals surface area contributed by atoms with Crippen LogP contribution < -0.4 is 14.9 Å². The monoisotopic (exact) mass is 507 g/mol. The van der Waals surface area contributed by atoms with Crippen LogP contribution in [0.15, 0.2) is 88.2 Å². The highest BCUT2D eigenvalue weighted by atomic mass is 35.5. The second-order valence-electron chi connectivity index (χ2n) is 9.37. The lowest BCUT2D eigenvalue weighted by Crippen LogP contribution is -2.38. The van der Waals surface area contributed by atoms with E-state index in [0.717, 1.165) is 51.1 Å². The number of rotatable bonds is 2. The topological polar surface area (TPSA) is 50.1 Å². The van der Waals surface area contributed by atoms with E-state index in [0.29, 0.717) is 9.55 Å². The molecule has 3 aromatic carbocycles. The number of benzene rings is 3. The van der Waals surface area contributed by atoms with Crippen molar-refractivity contribution in [1.29, 1.82) is 0 Å². The van der Waals surface area contributed by atoms with Gasteiger partial charge in [0.05, 0.1) is 16.3 Å². The van der Waals surface area contributed by atoms with E-state index in [2.05, 4.69) is 48.3 Å². The summed E-state index contributed by atoms with van der Waals surface area (Å²) in [4.78, 5) is 23.3. The molecule has 2 aromatic heterocycles. The zero-order chi connectivity index (χ0) is 24.4. The minimum Gasteiger partial charge on any atom is -0.358 e. The molecule has 6 heteroatoms. The number of para-hydroxylation sites is 1. The summed E-state index contributed by atoms with van der Waals surface area (Å²) in [6.45, 7) is 2.05. The number of halogens is 1. The summed E-state index contributed by atoms with van der Waals surface area (Å²) in [7, 11) is 0. The third-order valence-corrected chi connectivity index (χ3v) is 8.51. The highest BCUT2D eigenvalue weighted by Crippen LogP contribution is 2.41. The summed E-state index contributed by atoms with van der Waals surface area (Å²) in [5, 5.41) is 1.80. The number of aromatic nitrogens is 2. The first-order valence-corrected chi connectivity index (χ1v) is 13.2. The van der Waals surface area contributed by atoms with Crippen molar-refractivity contribution in [1.82, 2.24) is 9.55 Å². The van der Waals surface area contributed by atoms with E-state index in [4.69, 9.17) is 16.6 Å². The largest absolute Gasteiger partial charge is 0.358 e. The van der Waals surface area contributed by atoms with Gasteiger partial charge in [0.1, 0.15) is 0 Å². The van der Waals surface area contributed by atoms with Gasteiger partial charge in [0, 0.05) is 32.7 Å². The molecule has 0 spiro atoms. The average Bonchev–Trinajstić information content (AvgIpc) is 3.39. The maximum absolute atomic E-state index is 14.0. The number of aryl methyl sites for hydroxylation is 2. The molecule has 1 aliphatic carbocycles. The van der Waals surface area contributed by atoms with Gasteiger partial charge >= 0.3 is 0 Å². The van der Waals surface area contributed by atoms with E-state index >= 15 is 0 Å². The van der Waals surface area contributed by atoms with E-state index in [1.807, 2.05) is 47.0 Å². The molecule has 36 heavy (non-hydrogen) atoms. The Bertz CT molecular complexity index is 1890. The van der Waals surface area contributed by atoms with Gasteiger partial charge in [-0.1, -0.05) is 77.5 Å². The number of hydrogen-bond acceptors (Lipinski definition) is 3. The standard InChI is InChI=1S/C30H22ClN3OS/c1-17-24(22-8-4-5-9-25(22)32-17)16-26-29(35)34-28(19-10-13-20(31)14-11-19)23-15-12-18-6-2-3-7-21(18)27(23)33-30(34)36-26/h2-11,13-14,16,28,32H,12,15H2,1H3/b26-16+/t28-/m0/s1. The predicted molar refractivity (Wildman–Crippen MR) is 147 cm³/mol. The van der Waals surface area contributed by atoms with Crippen molar-refractivity contribution in [3.05, 3.63) is 131 Å². The molecule has 0 radical (unpaired) electrons. The number of H-pyrrole nitrogens is 1. The van der Waals surface area contributed by atoms with Crippen LogP contribution in [0.25, 0.3) is 22.7 Å². The second-order valence-corrected chi connectivity index (χ2v) is 10.8. The Balaban J connectivity index is 1.51. The highest BCUT2D eigenvalue weighted by molar-refractivity contribution is 7.07. The number of fused-ring (bicyclic) bond motifs is 4. The van der Waals surface area contributed by atoms with E-state index < -0.39 is 0 Å². The molecule has 1 atom stereocenters. The molecule has 0 unspecified atom stereocenters. The van der Waals surface area contributed by atoms with Crippen molar-refractivity contribution in [3.63, 3.8) is 0 Å². The van der Waals surface area contributed by atoms with Crippen LogP contribution in [0.3, 0.4) is 0 Å². The molecule has 4 nitrogen and oxygen atoms in total. The molecule has 5 aromatic rings. The number of hydrogen-bond donors (Lipinski definition) is 1. The van der Waals surface area contributed by atoms with Crippen LogP contribution in [0.1, 0.15) is 40.4 Å². The first kappa shape index (κ1) is 21.6. The van der Waals surface area contributed by atoms with Gasteiger partial charge in [-0.3, -0.25) is 9.36 Å². The van der Waals surface area contributed by atoms with Gasteiger partial charge in [-0.05, 0) is 60.7 Å². The second kappa shape index (κ2) is 8.19. The molecule has 0 amide bonds.